The average Bonchev–Trinajstić information content (AvgIpc) is 2.72. The highest BCUT2D eigenvalue weighted by atomic mass is 32.2. The number of rotatable bonds is 8. The zero-order valence-electron chi connectivity index (χ0n) is 17.8. The smallest absolute Gasteiger partial charge is 0.243 e. The summed E-state index contributed by atoms with van der Waals surface area (Å²) in [4.78, 5) is 15.0. The van der Waals surface area contributed by atoms with Gasteiger partial charge in [0.2, 0.25) is 15.9 Å². The molecule has 0 spiro atoms. The summed E-state index contributed by atoms with van der Waals surface area (Å²) in [5.41, 5.74) is 2.17. The van der Waals surface area contributed by atoms with Crippen molar-refractivity contribution in [3.63, 3.8) is 0 Å². The number of nitrogens with zero attached hydrogens (tertiary/aromatic N) is 2. The van der Waals surface area contributed by atoms with Crippen LogP contribution in [0, 0.1) is 5.82 Å². The van der Waals surface area contributed by atoms with E-state index < -0.39 is 27.8 Å². The van der Waals surface area contributed by atoms with Crippen molar-refractivity contribution in [3.8, 4) is 0 Å². The average molecular weight is 450 g/mol. The predicted octanol–water partition coefficient (Wildman–Crippen LogP) is 2.13. The second kappa shape index (κ2) is 10.2. The molecule has 1 aliphatic rings. The number of amides is 1. The number of morpholine rings is 1. The van der Waals surface area contributed by atoms with Gasteiger partial charge < -0.3 is 10.1 Å². The molecule has 2 aromatic carbocycles. The Bertz CT molecular complexity index is 1010. The van der Waals surface area contributed by atoms with Crippen molar-refractivity contribution in [2.75, 3.05) is 36.9 Å². The van der Waals surface area contributed by atoms with Gasteiger partial charge in [-0.1, -0.05) is 30.3 Å². The van der Waals surface area contributed by atoms with E-state index in [1.165, 1.54) is 25.1 Å². The molecule has 1 heterocycles. The van der Waals surface area contributed by atoms with Gasteiger partial charge in [-0.25, -0.2) is 12.8 Å². The second-order valence-corrected chi connectivity index (χ2v) is 9.50. The Hall–Kier alpha value is -2.49. The van der Waals surface area contributed by atoms with Crippen LogP contribution in [-0.2, 0) is 32.6 Å². The van der Waals surface area contributed by atoms with E-state index in [4.69, 9.17) is 4.74 Å². The van der Waals surface area contributed by atoms with Gasteiger partial charge in [-0.2, -0.15) is 0 Å². The molecule has 1 fully saturated rings. The lowest BCUT2D eigenvalue weighted by Crippen LogP contribution is -2.47. The third kappa shape index (κ3) is 6.49. The molecule has 1 saturated heterocycles. The molecule has 1 amide bonds. The van der Waals surface area contributed by atoms with Gasteiger partial charge in [-0.05, 0) is 36.2 Å². The van der Waals surface area contributed by atoms with Gasteiger partial charge in [0.25, 0.3) is 0 Å². The highest BCUT2D eigenvalue weighted by Crippen LogP contribution is 2.21. The topological polar surface area (TPSA) is 79.0 Å². The highest BCUT2D eigenvalue weighted by molar-refractivity contribution is 7.92. The van der Waals surface area contributed by atoms with Gasteiger partial charge in [-0.3, -0.25) is 14.0 Å². The van der Waals surface area contributed by atoms with E-state index >= 15 is 0 Å². The SMILES string of the molecule is C[C@@H](C(=O)NCc1cccc(CN2CCOCC2)c1)N(c1cccc(F)c1)S(C)(=O)=O. The molecule has 168 valence electrons. The fourth-order valence-electron chi connectivity index (χ4n) is 3.61. The molecule has 1 atom stereocenters. The maximum Gasteiger partial charge on any atom is 0.243 e. The summed E-state index contributed by atoms with van der Waals surface area (Å²) >= 11 is 0. The molecule has 0 unspecified atom stereocenters. The van der Waals surface area contributed by atoms with Crippen LogP contribution in [0.5, 0.6) is 0 Å². The summed E-state index contributed by atoms with van der Waals surface area (Å²) in [6, 6.07) is 12.1. The van der Waals surface area contributed by atoms with Crippen LogP contribution in [-0.4, -0.2) is 57.8 Å². The van der Waals surface area contributed by atoms with Crippen LogP contribution < -0.4 is 9.62 Å². The van der Waals surface area contributed by atoms with E-state index in [1.807, 2.05) is 24.3 Å². The van der Waals surface area contributed by atoms with Gasteiger partial charge in [-0.15, -0.1) is 0 Å². The molecule has 31 heavy (non-hydrogen) atoms. The molecular formula is C22H28FN3O4S. The number of nitrogens with one attached hydrogen (secondary N) is 1. The van der Waals surface area contributed by atoms with Gasteiger partial charge in [0.15, 0.2) is 0 Å². The number of hydrogen-bond acceptors (Lipinski definition) is 5. The van der Waals surface area contributed by atoms with Gasteiger partial charge in [0.05, 0.1) is 25.2 Å². The van der Waals surface area contributed by atoms with E-state index in [2.05, 4.69) is 10.2 Å². The van der Waals surface area contributed by atoms with Gasteiger partial charge >= 0.3 is 0 Å². The van der Waals surface area contributed by atoms with E-state index in [0.717, 1.165) is 60.6 Å². The Morgan fingerprint density at radius 2 is 1.84 bits per heavy atom. The largest absolute Gasteiger partial charge is 0.379 e. The first kappa shape index (κ1) is 23.2. The fourth-order valence-corrected chi connectivity index (χ4v) is 4.78. The van der Waals surface area contributed by atoms with Crippen molar-refractivity contribution in [1.29, 1.82) is 0 Å². The first-order valence-corrected chi connectivity index (χ1v) is 12.0. The Balaban J connectivity index is 1.65. The van der Waals surface area contributed by atoms with Crippen LogP contribution in [0.4, 0.5) is 10.1 Å². The molecule has 9 heteroatoms. The lowest BCUT2D eigenvalue weighted by atomic mass is 10.1. The monoisotopic (exact) mass is 449 g/mol. The lowest BCUT2D eigenvalue weighted by Gasteiger charge is -2.28. The van der Waals surface area contributed by atoms with Crippen molar-refractivity contribution >= 4 is 21.6 Å². The van der Waals surface area contributed by atoms with Crippen LogP contribution in [0.3, 0.4) is 0 Å². The molecular weight excluding hydrogens is 421 g/mol. The predicted molar refractivity (Wildman–Crippen MR) is 118 cm³/mol. The maximum atomic E-state index is 13.6. The Kier molecular flexibility index (Phi) is 7.64. The molecule has 2 aromatic rings. The molecule has 0 aliphatic carbocycles. The third-order valence-corrected chi connectivity index (χ3v) is 6.36. The molecule has 3 rings (SSSR count). The summed E-state index contributed by atoms with van der Waals surface area (Å²) in [6.07, 6.45) is 0.997. The zero-order valence-corrected chi connectivity index (χ0v) is 18.6. The molecule has 1 N–H and O–H groups in total. The summed E-state index contributed by atoms with van der Waals surface area (Å²) in [6.45, 7) is 5.80. The number of carbonyl (C=O) groups is 1. The zero-order chi connectivity index (χ0) is 22.4. The number of benzene rings is 2. The Labute approximate surface area is 182 Å². The standard InChI is InChI=1S/C22H28FN3O4S/c1-17(26(31(2,28)29)21-8-4-7-20(23)14-21)22(27)24-15-18-5-3-6-19(13-18)16-25-9-11-30-12-10-25/h3-8,13-14,17H,9-12,15-16H2,1-2H3,(H,24,27)/t17-/m0/s1. The molecule has 0 bridgehead atoms. The first-order chi connectivity index (χ1) is 14.7. The number of sulfonamides is 1. The van der Waals surface area contributed by atoms with Gasteiger partial charge in [0.1, 0.15) is 11.9 Å². The van der Waals surface area contributed by atoms with E-state index in [9.17, 15) is 17.6 Å². The van der Waals surface area contributed by atoms with Crippen LogP contribution in [0.15, 0.2) is 48.5 Å². The fraction of sp³-hybridized carbons (Fsp3) is 0.409. The summed E-state index contributed by atoms with van der Waals surface area (Å²) in [5, 5.41) is 2.79. The van der Waals surface area contributed by atoms with E-state index in [1.54, 1.807) is 0 Å². The molecule has 1 aliphatic heterocycles. The van der Waals surface area contributed by atoms with Crippen molar-refractivity contribution in [2.45, 2.75) is 26.1 Å². The minimum Gasteiger partial charge on any atom is -0.379 e. The summed E-state index contributed by atoms with van der Waals surface area (Å²) in [7, 11) is -3.79. The minimum absolute atomic E-state index is 0.109. The molecule has 7 nitrogen and oxygen atoms in total. The molecule has 0 saturated carbocycles. The number of ether oxygens (including phenoxy) is 1. The van der Waals surface area contributed by atoms with Crippen LogP contribution in [0.1, 0.15) is 18.1 Å². The first-order valence-electron chi connectivity index (χ1n) is 10.1. The number of anilines is 1. The van der Waals surface area contributed by atoms with Crippen molar-refractivity contribution < 1.29 is 22.3 Å². The van der Waals surface area contributed by atoms with Crippen molar-refractivity contribution in [3.05, 3.63) is 65.5 Å². The molecule has 0 aromatic heterocycles. The van der Waals surface area contributed by atoms with E-state index in [-0.39, 0.29) is 12.2 Å². The Morgan fingerprint density at radius 3 is 2.52 bits per heavy atom. The second-order valence-electron chi connectivity index (χ2n) is 7.64. The minimum atomic E-state index is -3.79. The van der Waals surface area contributed by atoms with Crippen LogP contribution >= 0.6 is 0 Å². The summed E-state index contributed by atoms with van der Waals surface area (Å²) in [5.74, 6) is -1.04. The van der Waals surface area contributed by atoms with E-state index in [0.29, 0.717) is 0 Å². The third-order valence-electron chi connectivity index (χ3n) is 5.12. The highest BCUT2D eigenvalue weighted by Gasteiger charge is 2.29. The Morgan fingerprint density at radius 1 is 1.16 bits per heavy atom. The van der Waals surface area contributed by atoms with Crippen LogP contribution in [0.2, 0.25) is 0 Å². The quantitative estimate of drug-likeness (QED) is 0.668. The van der Waals surface area contributed by atoms with Crippen LogP contribution in [0.25, 0.3) is 0 Å². The lowest BCUT2D eigenvalue weighted by molar-refractivity contribution is -0.122. The normalized spacial score (nSPS) is 16.0. The van der Waals surface area contributed by atoms with Crippen molar-refractivity contribution in [1.82, 2.24) is 10.2 Å². The maximum absolute atomic E-state index is 13.6. The number of hydrogen-bond donors (Lipinski definition) is 1. The van der Waals surface area contributed by atoms with Crippen molar-refractivity contribution in [2.24, 2.45) is 0 Å². The van der Waals surface area contributed by atoms with Gasteiger partial charge in [0, 0.05) is 26.2 Å². The number of carbonyl (C=O) groups excluding carboxylic acids is 1. The molecule has 0 radical (unpaired) electrons. The summed E-state index contributed by atoms with van der Waals surface area (Å²) < 4.78 is 44.5. The number of halogens is 1.